The second-order valence-electron chi connectivity index (χ2n) is 9.18. The second kappa shape index (κ2) is 6.33. The summed E-state index contributed by atoms with van der Waals surface area (Å²) in [6.45, 7) is 20.2. The molecular formula is C16H28Cl2O2Si3. The van der Waals surface area contributed by atoms with Crippen molar-refractivity contribution in [3.05, 3.63) is 15.6 Å². The monoisotopic (exact) mass is 406 g/mol. The molecule has 0 aromatic heterocycles. The van der Waals surface area contributed by atoms with Crippen LogP contribution in [0.5, 0.6) is 0 Å². The van der Waals surface area contributed by atoms with E-state index in [9.17, 15) is 9.90 Å². The Hall–Kier alpha value is -0.0794. The van der Waals surface area contributed by atoms with Crippen LogP contribution in [-0.2, 0) is 0 Å². The molecule has 1 aromatic carbocycles. The number of carbonyl (C=O) groups is 1. The Bertz CT molecular complexity index is 610. The van der Waals surface area contributed by atoms with E-state index in [4.69, 9.17) is 23.2 Å². The van der Waals surface area contributed by atoms with Gasteiger partial charge in [-0.05, 0) is 10.4 Å². The maximum Gasteiger partial charge on any atom is 0.338 e. The van der Waals surface area contributed by atoms with Gasteiger partial charge in [-0.2, -0.15) is 0 Å². The van der Waals surface area contributed by atoms with Crippen molar-refractivity contribution in [3.8, 4) is 0 Å². The van der Waals surface area contributed by atoms with Gasteiger partial charge in [0.2, 0.25) is 0 Å². The molecule has 7 heteroatoms. The maximum absolute atomic E-state index is 11.8. The minimum absolute atomic E-state index is 0.102. The smallest absolute Gasteiger partial charge is 0.338 e. The van der Waals surface area contributed by atoms with E-state index in [1.165, 1.54) is 5.19 Å². The second-order valence-corrected chi connectivity index (χ2v) is 24.9. The molecule has 130 valence electrons. The van der Waals surface area contributed by atoms with Gasteiger partial charge in [-0.25, -0.2) is 4.79 Å². The summed E-state index contributed by atoms with van der Waals surface area (Å²) in [6.07, 6.45) is 0. The third kappa shape index (κ3) is 4.13. The molecule has 0 heterocycles. The molecule has 0 spiro atoms. The molecule has 0 saturated heterocycles. The molecule has 0 atom stereocenters. The standard InChI is InChI=1S/C16H28Cl2O2Si3/c1-21(2,3)13-11(17)10(16(19)20)12(18)14(22(4,5)6)15(13)23(7,8)9/h1-9H3,(H,19,20). The summed E-state index contributed by atoms with van der Waals surface area (Å²) in [5, 5.41) is 14.0. The van der Waals surface area contributed by atoms with Crippen LogP contribution in [0.2, 0.25) is 69.0 Å². The third-order valence-corrected chi connectivity index (χ3v) is 11.4. The van der Waals surface area contributed by atoms with Gasteiger partial charge in [0.05, 0.1) is 39.8 Å². The van der Waals surface area contributed by atoms with E-state index in [1.807, 2.05) is 0 Å². The number of carboxylic acid groups (broad SMARTS) is 1. The average molecular weight is 408 g/mol. The van der Waals surface area contributed by atoms with E-state index in [0.717, 1.165) is 10.4 Å². The molecule has 0 aliphatic carbocycles. The zero-order valence-corrected chi connectivity index (χ0v) is 20.1. The Kier molecular flexibility index (Phi) is 5.77. The largest absolute Gasteiger partial charge is 0.478 e. The van der Waals surface area contributed by atoms with Crippen molar-refractivity contribution in [1.29, 1.82) is 0 Å². The van der Waals surface area contributed by atoms with Crippen LogP contribution in [0.1, 0.15) is 10.4 Å². The van der Waals surface area contributed by atoms with Crippen molar-refractivity contribution in [2.24, 2.45) is 0 Å². The van der Waals surface area contributed by atoms with Crippen LogP contribution < -0.4 is 15.6 Å². The number of halogens is 2. The Labute approximate surface area is 153 Å². The van der Waals surface area contributed by atoms with Gasteiger partial charge in [0.1, 0.15) is 0 Å². The molecule has 2 nitrogen and oxygen atoms in total. The van der Waals surface area contributed by atoms with Crippen LogP contribution in [-0.4, -0.2) is 35.3 Å². The third-order valence-electron chi connectivity index (χ3n) is 3.84. The molecule has 0 bridgehead atoms. The van der Waals surface area contributed by atoms with Gasteiger partial charge in [0.25, 0.3) is 0 Å². The minimum atomic E-state index is -1.84. The van der Waals surface area contributed by atoms with Crippen molar-refractivity contribution < 1.29 is 9.90 Å². The van der Waals surface area contributed by atoms with Gasteiger partial charge in [0, 0.05) is 0 Å². The van der Waals surface area contributed by atoms with Crippen molar-refractivity contribution >= 4 is 69.0 Å². The fraction of sp³-hybridized carbons (Fsp3) is 0.562. The first-order valence-corrected chi connectivity index (χ1v) is 19.1. The molecule has 1 N–H and O–H groups in total. The number of carboxylic acids is 1. The Morgan fingerprint density at radius 2 is 0.957 bits per heavy atom. The molecule has 0 saturated carbocycles. The maximum atomic E-state index is 11.8. The van der Waals surface area contributed by atoms with Crippen molar-refractivity contribution in [2.45, 2.75) is 58.9 Å². The van der Waals surface area contributed by atoms with E-state index in [1.54, 1.807) is 0 Å². The predicted octanol–water partition coefficient (Wildman–Crippen LogP) is 4.33. The molecule has 1 rings (SSSR count). The molecule has 0 aliphatic rings. The first kappa shape index (κ1) is 21.0. The lowest BCUT2D eigenvalue weighted by atomic mass is 10.2. The zero-order valence-electron chi connectivity index (χ0n) is 15.6. The van der Waals surface area contributed by atoms with Crippen LogP contribution in [0.3, 0.4) is 0 Å². The topological polar surface area (TPSA) is 37.3 Å². The van der Waals surface area contributed by atoms with Crippen LogP contribution in [0.4, 0.5) is 0 Å². The summed E-state index contributed by atoms with van der Waals surface area (Å²) < 4.78 is 0. The van der Waals surface area contributed by atoms with Gasteiger partial charge < -0.3 is 5.11 Å². The lowest BCUT2D eigenvalue weighted by Crippen LogP contribution is -2.67. The molecule has 0 amide bonds. The Morgan fingerprint density at radius 3 is 1.13 bits per heavy atom. The minimum Gasteiger partial charge on any atom is -0.478 e. The molecular weight excluding hydrogens is 379 g/mol. The zero-order chi connectivity index (χ0) is 18.5. The molecule has 0 radical (unpaired) electrons. The number of hydrogen-bond donors (Lipinski definition) is 1. The fourth-order valence-electron chi connectivity index (χ4n) is 3.04. The normalized spacial score (nSPS) is 13.3. The highest BCUT2D eigenvalue weighted by atomic mass is 35.5. The Morgan fingerprint density at radius 1 is 0.696 bits per heavy atom. The molecule has 0 unspecified atom stereocenters. The lowest BCUT2D eigenvalue weighted by Gasteiger charge is -2.36. The summed E-state index contributed by atoms with van der Waals surface area (Å²) in [4.78, 5) is 11.8. The first-order valence-electron chi connectivity index (χ1n) is 7.81. The van der Waals surface area contributed by atoms with Gasteiger partial charge in [-0.1, -0.05) is 87.3 Å². The number of aromatic carboxylic acids is 1. The average Bonchev–Trinajstić information content (AvgIpc) is 2.21. The molecule has 23 heavy (non-hydrogen) atoms. The number of benzene rings is 1. The van der Waals surface area contributed by atoms with Gasteiger partial charge in [0.15, 0.2) is 0 Å². The highest BCUT2D eigenvalue weighted by Crippen LogP contribution is 2.27. The predicted molar refractivity (Wildman–Crippen MR) is 112 cm³/mol. The van der Waals surface area contributed by atoms with Gasteiger partial charge in [-0.3, -0.25) is 0 Å². The highest BCUT2D eigenvalue weighted by Gasteiger charge is 2.40. The number of hydrogen-bond acceptors (Lipinski definition) is 1. The number of rotatable bonds is 4. The lowest BCUT2D eigenvalue weighted by molar-refractivity contribution is 0.0697. The van der Waals surface area contributed by atoms with Gasteiger partial charge in [-0.15, -0.1) is 0 Å². The fourth-order valence-corrected chi connectivity index (χ4v) is 15.2. The van der Waals surface area contributed by atoms with Crippen LogP contribution in [0.15, 0.2) is 0 Å². The summed E-state index contributed by atoms with van der Waals surface area (Å²) in [5.41, 5.74) is 0.102. The van der Waals surface area contributed by atoms with E-state index in [0.29, 0.717) is 10.0 Å². The molecule has 0 aliphatic heterocycles. The Balaban J connectivity index is 4.27. The van der Waals surface area contributed by atoms with Crippen molar-refractivity contribution in [1.82, 2.24) is 0 Å². The van der Waals surface area contributed by atoms with Crippen molar-refractivity contribution in [3.63, 3.8) is 0 Å². The van der Waals surface area contributed by atoms with E-state index < -0.39 is 30.2 Å². The SMILES string of the molecule is C[Si](C)(C)c1c(Cl)c(C(=O)O)c(Cl)c([Si](C)(C)C)c1[Si](C)(C)C. The van der Waals surface area contributed by atoms with Crippen LogP contribution in [0.25, 0.3) is 0 Å². The van der Waals surface area contributed by atoms with Crippen molar-refractivity contribution in [2.75, 3.05) is 0 Å². The van der Waals surface area contributed by atoms with Gasteiger partial charge >= 0.3 is 5.97 Å². The quantitative estimate of drug-likeness (QED) is 0.755. The summed E-state index contributed by atoms with van der Waals surface area (Å²) >= 11 is 13.3. The van der Waals surface area contributed by atoms with E-state index in [-0.39, 0.29) is 5.56 Å². The van der Waals surface area contributed by atoms with Crippen LogP contribution >= 0.6 is 23.2 Å². The first-order chi connectivity index (χ1) is 10.0. The van der Waals surface area contributed by atoms with Crippen LogP contribution in [0, 0.1) is 0 Å². The summed E-state index contributed by atoms with van der Waals surface area (Å²) in [6, 6.07) is 0. The summed E-state index contributed by atoms with van der Waals surface area (Å²) in [7, 11) is -5.43. The molecule has 0 fully saturated rings. The highest BCUT2D eigenvalue weighted by molar-refractivity contribution is 7.05. The molecule has 1 aromatic rings. The van der Waals surface area contributed by atoms with E-state index in [2.05, 4.69) is 58.9 Å². The summed E-state index contributed by atoms with van der Waals surface area (Å²) in [5.74, 6) is -1.03. The van der Waals surface area contributed by atoms with E-state index >= 15 is 0 Å².